The molecule has 0 aliphatic carbocycles. The quantitative estimate of drug-likeness (QED) is 0.561. The van der Waals surface area contributed by atoms with Gasteiger partial charge in [-0.2, -0.15) is 0 Å². The molecular weight excluding hydrogens is 138 g/mol. The molecule has 2 rings (SSSR count). The molecule has 0 bridgehead atoms. The van der Waals surface area contributed by atoms with Crippen LogP contribution in [0.5, 0.6) is 0 Å². The Morgan fingerprint density at radius 3 is 2.91 bits per heavy atom. The number of nitrogen functional groups attached to an aromatic ring is 1. The standard InChI is InChI=1S/C8H13N3/c9-8-4-3-7(11-8)6-2-1-5-10-6/h3-4,6,10-11H,1-2,5,9H2/t6-/m1/s1. The van der Waals surface area contributed by atoms with Gasteiger partial charge in [0.25, 0.3) is 0 Å². The van der Waals surface area contributed by atoms with Gasteiger partial charge in [0, 0.05) is 11.7 Å². The van der Waals surface area contributed by atoms with E-state index < -0.39 is 0 Å². The van der Waals surface area contributed by atoms with E-state index in [9.17, 15) is 0 Å². The maximum absolute atomic E-state index is 5.56. The molecule has 1 saturated heterocycles. The van der Waals surface area contributed by atoms with Crippen molar-refractivity contribution in [2.75, 3.05) is 12.3 Å². The van der Waals surface area contributed by atoms with Crippen LogP contribution in [0.3, 0.4) is 0 Å². The van der Waals surface area contributed by atoms with Crippen LogP contribution in [0.1, 0.15) is 24.6 Å². The van der Waals surface area contributed by atoms with Gasteiger partial charge in [-0.1, -0.05) is 0 Å². The van der Waals surface area contributed by atoms with Gasteiger partial charge < -0.3 is 16.0 Å². The molecule has 0 aromatic carbocycles. The van der Waals surface area contributed by atoms with Crippen molar-refractivity contribution in [2.24, 2.45) is 0 Å². The summed E-state index contributed by atoms with van der Waals surface area (Å²) in [5.74, 6) is 0.758. The molecule has 1 aromatic rings. The Hall–Kier alpha value is -0.960. The number of nitrogens with two attached hydrogens (primary N) is 1. The zero-order chi connectivity index (χ0) is 7.68. The number of nitrogens with one attached hydrogen (secondary N) is 2. The van der Waals surface area contributed by atoms with Gasteiger partial charge in [-0.3, -0.25) is 0 Å². The Labute approximate surface area is 66.0 Å². The fourth-order valence-corrected chi connectivity index (χ4v) is 1.58. The summed E-state index contributed by atoms with van der Waals surface area (Å²) in [4.78, 5) is 3.13. The molecule has 1 aliphatic rings. The molecule has 0 saturated carbocycles. The SMILES string of the molecule is Nc1ccc([C@H]2CCCN2)[nH]1. The molecular formula is C8H13N3. The lowest BCUT2D eigenvalue weighted by atomic mass is 10.2. The van der Waals surface area contributed by atoms with Gasteiger partial charge >= 0.3 is 0 Å². The van der Waals surface area contributed by atoms with Crippen LogP contribution < -0.4 is 11.1 Å². The number of H-pyrrole nitrogens is 1. The molecule has 3 nitrogen and oxygen atoms in total. The van der Waals surface area contributed by atoms with E-state index in [4.69, 9.17) is 5.73 Å². The van der Waals surface area contributed by atoms with Crippen molar-refractivity contribution < 1.29 is 0 Å². The first-order chi connectivity index (χ1) is 5.36. The van der Waals surface area contributed by atoms with Crippen LogP contribution in [-0.2, 0) is 0 Å². The number of rotatable bonds is 1. The lowest BCUT2D eigenvalue weighted by Gasteiger charge is -2.06. The highest BCUT2D eigenvalue weighted by atomic mass is 15.0. The molecule has 1 atom stereocenters. The molecule has 11 heavy (non-hydrogen) atoms. The van der Waals surface area contributed by atoms with E-state index in [1.165, 1.54) is 18.5 Å². The smallest absolute Gasteiger partial charge is 0.100 e. The minimum Gasteiger partial charge on any atom is -0.385 e. The van der Waals surface area contributed by atoms with Crippen LogP contribution in [-0.4, -0.2) is 11.5 Å². The summed E-state index contributed by atoms with van der Waals surface area (Å²) in [5, 5.41) is 3.40. The van der Waals surface area contributed by atoms with E-state index in [0.717, 1.165) is 12.4 Å². The van der Waals surface area contributed by atoms with E-state index in [2.05, 4.69) is 16.4 Å². The van der Waals surface area contributed by atoms with Gasteiger partial charge in [-0.25, -0.2) is 0 Å². The number of hydrogen-bond donors (Lipinski definition) is 3. The summed E-state index contributed by atoms with van der Waals surface area (Å²) in [7, 11) is 0. The molecule has 1 fully saturated rings. The van der Waals surface area contributed by atoms with E-state index in [0.29, 0.717) is 6.04 Å². The van der Waals surface area contributed by atoms with Crippen molar-refractivity contribution in [3.8, 4) is 0 Å². The van der Waals surface area contributed by atoms with Crippen molar-refractivity contribution in [1.82, 2.24) is 10.3 Å². The van der Waals surface area contributed by atoms with Crippen LogP contribution in [0, 0.1) is 0 Å². The first-order valence-electron chi connectivity index (χ1n) is 4.04. The maximum atomic E-state index is 5.56. The lowest BCUT2D eigenvalue weighted by Crippen LogP contribution is -2.13. The van der Waals surface area contributed by atoms with Crippen molar-refractivity contribution in [1.29, 1.82) is 0 Å². The highest BCUT2D eigenvalue weighted by Crippen LogP contribution is 2.22. The third kappa shape index (κ3) is 1.24. The molecule has 4 N–H and O–H groups in total. The van der Waals surface area contributed by atoms with Crippen LogP contribution in [0.4, 0.5) is 5.82 Å². The van der Waals surface area contributed by atoms with Gasteiger partial charge in [0.05, 0.1) is 0 Å². The van der Waals surface area contributed by atoms with Crippen molar-refractivity contribution in [3.63, 3.8) is 0 Å². The molecule has 0 amide bonds. The van der Waals surface area contributed by atoms with Crippen molar-refractivity contribution in [3.05, 3.63) is 17.8 Å². The van der Waals surface area contributed by atoms with Crippen LogP contribution in [0.2, 0.25) is 0 Å². The minimum absolute atomic E-state index is 0.507. The van der Waals surface area contributed by atoms with Crippen molar-refractivity contribution >= 4 is 5.82 Å². The zero-order valence-electron chi connectivity index (χ0n) is 6.43. The van der Waals surface area contributed by atoms with Gasteiger partial charge in [0.15, 0.2) is 0 Å². The Bertz CT molecular complexity index is 235. The number of aromatic nitrogens is 1. The second-order valence-electron chi connectivity index (χ2n) is 3.02. The van der Waals surface area contributed by atoms with Crippen molar-refractivity contribution in [2.45, 2.75) is 18.9 Å². The highest BCUT2D eigenvalue weighted by Gasteiger charge is 2.16. The first-order valence-corrected chi connectivity index (χ1v) is 4.04. The normalized spacial score (nSPS) is 24.2. The van der Waals surface area contributed by atoms with E-state index in [-0.39, 0.29) is 0 Å². The highest BCUT2D eigenvalue weighted by molar-refractivity contribution is 5.32. The minimum atomic E-state index is 0.507. The second kappa shape index (κ2) is 2.58. The molecule has 0 unspecified atom stereocenters. The van der Waals surface area contributed by atoms with E-state index in [1.807, 2.05) is 6.07 Å². The predicted octanol–water partition coefficient (Wildman–Crippen LogP) is 1.02. The number of hydrogen-bond acceptors (Lipinski definition) is 2. The van der Waals surface area contributed by atoms with Crippen LogP contribution in [0.15, 0.2) is 12.1 Å². The Morgan fingerprint density at radius 2 is 2.36 bits per heavy atom. The topological polar surface area (TPSA) is 53.8 Å². The summed E-state index contributed by atoms with van der Waals surface area (Å²) in [6.45, 7) is 1.13. The molecule has 60 valence electrons. The third-order valence-electron chi connectivity index (χ3n) is 2.17. The number of aromatic amines is 1. The summed E-state index contributed by atoms with van der Waals surface area (Å²) < 4.78 is 0. The zero-order valence-corrected chi connectivity index (χ0v) is 6.43. The van der Waals surface area contributed by atoms with E-state index in [1.54, 1.807) is 0 Å². The van der Waals surface area contributed by atoms with E-state index >= 15 is 0 Å². The molecule has 3 heteroatoms. The molecule has 1 aliphatic heterocycles. The predicted molar refractivity (Wildman–Crippen MR) is 45.2 cm³/mol. The van der Waals surface area contributed by atoms with Gasteiger partial charge in [0.1, 0.15) is 5.82 Å². The Morgan fingerprint density at radius 1 is 1.45 bits per heavy atom. The molecule has 2 heterocycles. The maximum Gasteiger partial charge on any atom is 0.100 e. The Kier molecular flexibility index (Phi) is 1.58. The summed E-state index contributed by atoms with van der Waals surface area (Å²) in [6.07, 6.45) is 2.49. The van der Waals surface area contributed by atoms with Gasteiger partial charge in [0.2, 0.25) is 0 Å². The average Bonchev–Trinajstić information content (AvgIpc) is 2.55. The van der Waals surface area contributed by atoms with Gasteiger partial charge in [-0.05, 0) is 31.5 Å². The lowest BCUT2D eigenvalue weighted by molar-refractivity contribution is 0.632. The Balaban J connectivity index is 2.15. The second-order valence-corrected chi connectivity index (χ2v) is 3.02. The summed E-state index contributed by atoms with van der Waals surface area (Å²) in [5.41, 5.74) is 6.79. The molecule has 0 spiro atoms. The average molecular weight is 151 g/mol. The molecule has 1 aromatic heterocycles. The fourth-order valence-electron chi connectivity index (χ4n) is 1.58. The first kappa shape index (κ1) is 6.73. The fraction of sp³-hybridized carbons (Fsp3) is 0.500. The molecule has 0 radical (unpaired) electrons. The summed E-state index contributed by atoms with van der Waals surface area (Å²) >= 11 is 0. The van der Waals surface area contributed by atoms with Gasteiger partial charge in [-0.15, -0.1) is 0 Å². The summed E-state index contributed by atoms with van der Waals surface area (Å²) in [6, 6.07) is 4.47. The number of anilines is 1. The largest absolute Gasteiger partial charge is 0.385 e. The third-order valence-corrected chi connectivity index (χ3v) is 2.17. The monoisotopic (exact) mass is 151 g/mol. The van der Waals surface area contributed by atoms with Crippen LogP contribution in [0.25, 0.3) is 0 Å². The van der Waals surface area contributed by atoms with Crippen LogP contribution >= 0.6 is 0 Å².